The number of aromatic hydroxyl groups is 1. The zero-order valence-corrected chi connectivity index (χ0v) is 10.5. The largest absolute Gasteiger partial charge is 0.507 e. The van der Waals surface area contributed by atoms with Crippen LogP contribution in [0.4, 0.5) is 0 Å². The number of aromatic carboxylic acids is 1. The van der Waals surface area contributed by atoms with Crippen molar-refractivity contribution in [3.8, 4) is 11.5 Å². The van der Waals surface area contributed by atoms with Crippen molar-refractivity contribution in [1.82, 2.24) is 0 Å². The van der Waals surface area contributed by atoms with Gasteiger partial charge in [0.1, 0.15) is 17.1 Å². The average molecular weight is 270 g/mol. The fraction of sp³-hybridized carbons (Fsp3) is 0.462. The standard InChI is InChI=1S/C13H18O6/c14-8-9(15)3-1-2-6-19-10-4-5-11(13(17)18)12(16)7-10/h4-5,7,9,14-16H,1-3,6,8H2,(H,17,18). The number of carbonyl (C=O) groups is 1. The number of carboxylic acid groups (broad SMARTS) is 1. The highest BCUT2D eigenvalue weighted by Gasteiger charge is 2.10. The lowest BCUT2D eigenvalue weighted by Gasteiger charge is -2.09. The normalized spacial score (nSPS) is 12.1. The molecule has 106 valence electrons. The van der Waals surface area contributed by atoms with Crippen LogP contribution in [0.2, 0.25) is 0 Å². The van der Waals surface area contributed by atoms with Gasteiger partial charge in [0.05, 0.1) is 19.3 Å². The molecule has 0 aliphatic rings. The molecule has 0 aliphatic carbocycles. The number of ether oxygens (including phenoxy) is 1. The molecule has 0 fully saturated rings. The molecule has 19 heavy (non-hydrogen) atoms. The zero-order valence-electron chi connectivity index (χ0n) is 10.5. The van der Waals surface area contributed by atoms with Crippen LogP contribution in [0.15, 0.2) is 18.2 Å². The monoisotopic (exact) mass is 270 g/mol. The number of carboxylic acids is 1. The SMILES string of the molecule is O=C(O)c1ccc(OCCCCC(O)CO)cc1O. The average Bonchev–Trinajstić information content (AvgIpc) is 2.37. The van der Waals surface area contributed by atoms with Gasteiger partial charge in [-0.15, -0.1) is 0 Å². The van der Waals surface area contributed by atoms with Gasteiger partial charge in [-0.1, -0.05) is 0 Å². The number of benzene rings is 1. The fourth-order valence-electron chi connectivity index (χ4n) is 1.55. The first-order valence-electron chi connectivity index (χ1n) is 6.02. The first-order chi connectivity index (χ1) is 9.04. The summed E-state index contributed by atoms with van der Waals surface area (Å²) in [5, 5.41) is 35.9. The Morgan fingerprint density at radius 1 is 1.32 bits per heavy atom. The molecule has 1 unspecified atom stereocenters. The van der Waals surface area contributed by atoms with E-state index in [1.807, 2.05) is 0 Å². The van der Waals surface area contributed by atoms with E-state index in [0.717, 1.165) is 0 Å². The predicted molar refractivity (Wildman–Crippen MR) is 67.5 cm³/mol. The van der Waals surface area contributed by atoms with Crippen molar-refractivity contribution in [2.45, 2.75) is 25.4 Å². The first-order valence-corrected chi connectivity index (χ1v) is 6.02. The fourth-order valence-corrected chi connectivity index (χ4v) is 1.55. The van der Waals surface area contributed by atoms with Crippen LogP contribution in [0.1, 0.15) is 29.6 Å². The van der Waals surface area contributed by atoms with Crippen molar-refractivity contribution in [1.29, 1.82) is 0 Å². The first kappa shape index (κ1) is 15.3. The van der Waals surface area contributed by atoms with Crippen LogP contribution >= 0.6 is 0 Å². The number of rotatable bonds is 8. The third-order valence-corrected chi connectivity index (χ3v) is 2.61. The summed E-state index contributed by atoms with van der Waals surface area (Å²) in [6.45, 7) is 0.148. The van der Waals surface area contributed by atoms with E-state index in [1.165, 1.54) is 18.2 Å². The predicted octanol–water partition coefficient (Wildman–Crippen LogP) is 0.993. The highest BCUT2D eigenvalue weighted by molar-refractivity contribution is 5.90. The minimum atomic E-state index is -1.19. The van der Waals surface area contributed by atoms with Crippen molar-refractivity contribution in [3.63, 3.8) is 0 Å². The van der Waals surface area contributed by atoms with E-state index in [-0.39, 0.29) is 17.9 Å². The zero-order chi connectivity index (χ0) is 14.3. The molecule has 0 aliphatic heterocycles. The molecule has 0 heterocycles. The van der Waals surface area contributed by atoms with Crippen molar-refractivity contribution in [3.05, 3.63) is 23.8 Å². The number of hydrogen-bond acceptors (Lipinski definition) is 5. The molecule has 0 saturated heterocycles. The number of hydrogen-bond donors (Lipinski definition) is 4. The summed E-state index contributed by atoms with van der Waals surface area (Å²) in [6.07, 6.45) is 1.21. The Hall–Kier alpha value is -1.79. The molecule has 0 spiro atoms. The van der Waals surface area contributed by atoms with E-state index in [4.69, 9.17) is 20.1 Å². The number of aliphatic hydroxyl groups is 2. The summed E-state index contributed by atoms with van der Waals surface area (Å²) < 4.78 is 5.34. The topological polar surface area (TPSA) is 107 Å². The Morgan fingerprint density at radius 3 is 2.63 bits per heavy atom. The third kappa shape index (κ3) is 5.15. The summed E-state index contributed by atoms with van der Waals surface area (Å²) in [6, 6.07) is 4.01. The molecule has 0 saturated carbocycles. The van der Waals surface area contributed by atoms with Crippen LogP contribution in [0.3, 0.4) is 0 Å². The summed E-state index contributed by atoms with van der Waals surface area (Å²) in [7, 11) is 0. The molecule has 0 radical (unpaired) electrons. The lowest BCUT2D eigenvalue weighted by atomic mass is 10.1. The van der Waals surface area contributed by atoms with Crippen molar-refractivity contribution >= 4 is 5.97 Å². The Labute approximate surface area is 110 Å². The van der Waals surface area contributed by atoms with Gasteiger partial charge in [0, 0.05) is 6.07 Å². The van der Waals surface area contributed by atoms with Crippen molar-refractivity contribution in [2.75, 3.05) is 13.2 Å². The second kappa shape index (κ2) is 7.60. The highest BCUT2D eigenvalue weighted by Crippen LogP contribution is 2.23. The van der Waals surface area contributed by atoms with Gasteiger partial charge in [0.2, 0.25) is 0 Å². The number of phenols is 1. The highest BCUT2D eigenvalue weighted by atomic mass is 16.5. The second-order valence-electron chi connectivity index (χ2n) is 4.16. The quantitative estimate of drug-likeness (QED) is 0.525. The molecule has 6 nitrogen and oxygen atoms in total. The van der Waals surface area contributed by atoms with Gasteiger partial charge in [0.15, 0.2) is 0 Å². The van der Waals surface area contributed by atoms with Gasteiger partial charge in [-0.25, -0.2) is 4.79 Å². The molecule has 0 aromatic heterocycles. The maximum absolute atomic E-state index is 10.7. The van der Waals surface area contributed by atoms with Gasteiger partial charge in [-0.05, 0) is 31.4 Å². The van der Waals surface area contributed by atoms with Gasteiger partial charge in [0.25, 0.3) is 0 Å². The molecule has 4 N–H and O–H groups in total. The number of aliphatic hydroxyl groups excluding tert-OH is 2. The van der Waals surface area contributed by atoms with Gasteiger partial charge >= 0.3 is 5.97 Å². The van der Waals surface area contributed by atoms with E-state index in [9.17, 15) is 9.90 Å². The van der Waals surface area contributed by atoms with E-state index >= 15 is 0 Å². The van der Waals surface area contributed by atoms with Gasteiger partial charge in [-0.2, -0.15) is 0 Å². The van der Waals surface area contributed by atoms with Crippen molar-refractivity contribution in [2.24, 2.45) is 0 Å². The van der Waals surface area contributed by atoms with E-state index in [1.54, 1.807) is 0 Å². The molecule has 1 atom stereocenters. The molecular weight excluding hydrogens is 252 g/mol. The summed E-state index contributed by atoms with van der Waals surface area (Å²) in [5.41, 5.74) is -0.168. The Kier molecular flexibility index (Phi) is 6.11. The molecule has 0 bridgehead atoms. The smallest absolute Gasteiger partial charge is 0.339 e. The molecule has 1 rings (SSSR count). The lowest BCUT2D eigenvalue weighted by molar-refractivity contribution is 0.0693. The van der Waals surface area contributed by atoms with Crippen molar-refractivity contribution < 1.29 is 30.0 Å². The molecule has 0 amide bonds. The van der Waals surface area contributed by atoms with Crippen LogP contribution in [0.5, 0.6) is 11.5 Å². The van der Waals surface area contributed by atoms with Crippen LogP contribution in [-0.4, -0.2) is 45.7 Å². The van der Waals surface area contributed by atoms with E-state index in [2.05, 4.69) is 0 Å². The third-order valence-electron chi connectivity index (χ3n) is 2.61. The summed E-state index contributed by atoms with van der Waals surface area (Å²) in [4.78, 5) is 10.7. The Balaban J connectivity index is 2.34. The van der Waals surface area contributed by atoms with Crippen LogP contribution in [0.25, 0.3) is 0 Å². The van der Waals surface area contributed by atoms with Crippen LogP contribution in [0, 0.1) is 0 Å². The van der Waals surface area contributed by atoms with E-state index in [0.29, 0.717) is 31.6 Å². The minimum absolute atomic E-state index is 0.168. The minimum Gasteiger partial charge on any atom is -0.507 e. The molecule has 1 aromatic rings. The molecule has 1 aromatic carbocycles. The maximum Gasteiger partial charge on any atom is 0.339 e. The van der Waals surface area contributed by atoms with Gasteiger partial charge in [-0.3, -0.25) is 0 Å². The lowest BCUT2D eigenvalue weighted by Crippen LogP contribution is -2.11. The number of unbranched alkanes of at least 4 members (excludes halogenated alkanes) is 1. The molecule has 6 heteroatoms. The van der Waals surface area contributed by atoms with E-state index < -0.39 is 12.1 Å². The van der Waals surface area contributed by atoms with Crippen LogP contribution < -0.4 is 4.74 Å². The molecular formula is C13H18O6. The van der Waals surface area contributed by atoms with Crippen LogP contribution in [-0.2, 0) is 0 Å². The second-order valence-corrected chi connectivity index (χ2v) is 4.16. The Morgan fingerprint density at radius 2 is 2.05 bits per heavy atom. The summed E-state index contributed by atoms with van der Waals surface area (Å²) >= 11 is 0. The Bertz CT molecular complexity index is 418. The maximum atomic E-state index is 10.7. The van der Waals surface area contributed by atoms with Gasteiger partial charge < -0.3 is 25.2 Å². The summed E-state index contributed by atoms with van der Waals surface area (Å²) in [5.74, 6) is -1.13.